The molecule has 2 rings (SSSR count). The molecule has 0 spiro atoms. The van der Waals surface area contributed by atoms with Gasteiger partial charge in [0.25, 0.3) is 0 Å². The van der Waals surface area contributed by atoms with Gasteiger partial charge in [-0.25, -0.2) is 9.18 Å². The first-order chi connectivity index (χ1) is 10.6. The van der Waals surface area contributed by atoms with Gasteiger partial charge in [-0.2, -0.15) is 0 Å². The third-order valence-corrected chi connectivity index (χ3v) is 2.75. The van der Waals surface area contributed by atoms with E-state index >= 15 is 0 Å². The second kappa shape index (κ2) is 7.21. The predicted molar refractivity (Wildman–Crippen MR) is 76.0 cm³/mol. The number of hydrogen-bond acceptors (Lipinski definition) is 5. The lowest BCUT2D eigenvalue weighted by Gasteiger charge is -2.05. The monoisotopic (exact) mass is 304 g/mol. The van der Waals surface area contributed by atoms with E-state index in [1.54, 1.807) is 12.1 Å². The van der Waals surface area contributed by atoms with Crippen LogP contribution in [0, 0.1) is 5.82 Å². The molecule has 0 aliphatic carbocycles. The maximum atomic E-state index is 13.5. The van der Waals surface area contributed by atoms with Crippen molar-refractivity contribution in [2.24, 2.45) is 0 Å². The fourth-order valence-corrected chi connectivity index (χ4v) is 1.64. The number of carbonyl (C=O) groups is 2. The van der Waals surface area contributed by atoms with Gasteiger partial charge in [-0.1, -0.05) is 0 Å². The average molecular weight is 304 g/mol. The standard InChI is InChI=1S/C16H13FO5/c1-20-15-6-4-11(9-13(15)17)14(18)10-22-16(19)7-5-12-3-2-8-21-12/h2-9H,10H2,1H3/b7-5+. The summed E-state index contributed by atoms with van der Waals surface area (Å²) in [6.45, 7) is -0.479. The van der Waals surface area contributed by atoms with Crippen LogP contribution in [0.25, 0.3) is 6.08 Å². The Morgan fingerprint density at radius 1 is 1.32 bits per heavy atom. The third-order valence-electron chi connectivity index (χ3n) is 2.75. The number of esters is 1. The zero-order chi connectivity index (χ0) is 15.9. The van der Waals surface area contributed by atoms with Crippen LogP contribution in [-0.2, 0) is 9.53 Å². The molecule has 0 bridgehead atoms. The van der Waals surface area contributed by atoms with Crippen molar-refractivity contribution in [2.45, 2.75) is 0 Å². The zero-order valence-corrected chi connectivity index (χ0v) is 11.7. The molecule has 1 heterocycles. The van der Waals surface area contributed by atoms with Gasteiger partial charge in [0, 0.05) is 11.6 Å². The van der Waals surface area contributed by atoms with Crippen LogP contribution in [0.2, 0.25) is 0 Å². The third kappa shape index (κ3) is 4.05. The molecular formula is C16H13FO5. The van der Waals surface area contributed by atoms with Crippen molar-refractivity contribution in [3.8, 4) is 5.75 Å². The normalized spacial score (nSPS) is 10.6. The number of ether oxygens (including phenoxy) is 2. The van der Waals surface area contributed by atoms with E-state index in [2.05, 4.69) is 0 Å². The SMILES string of the molecule is COc1ccc(C(=O)COC(=O)/C=C/c2ccco2)cc1F. The molecule has 0 saturated heterocycles. The Balaban J connectivity index is 1.89. The minimum Gasteiger partial charge on any atom is -0.494 e. The van der Waals surface area contributed by atoms with E-state index in [-0.39, 0.29) is 11.3 Å². The highest BCUT2D eigenvalue weighted by Gasteiger charge is 2.11. The second-order valence-corrected chi connectivity index (χ2v) is 4.23. The van der Waals surface area contributed by atoms with E-state index in [9.17, 15) is 14.0 Å². The summed E-state index contributed by atoms with van der Waals surface area (Å²) >= 11 is 0. The molecule has 1 aromatic heterocycles. The van der Waals surface area contributed by atoms with E-state index in [1.165, 1.54) is 31.6 Å². The molecule has 0 fully saturated rings. The highest BCUT2D eigenvalue weighted by Crippen LogP contribution is 2.18. The topological polar surface area (TPSA) is 65.7 Å². The lowest BCUT2D eigenvalue weighted by Crippen LogP contribution is -2.12. The van der Waals surface area contributed by atoms with Crippen LogP contribution in [0.15, 0.2) is 47.1 Å². The predicted octanol–water partition coefficient (Wildman–Crippen LogP) is 2.87. The molecule has 2 aromatic rings. The van der Waals surface area contributed by atoms with Gasteiger partial charge in [0.05, 0.1) is 13.4 Å². The number of ketones is 1. The summed E-state index contributed by atoms with van der Waals surface area (Å²) in [7, 11) is 1.33. The van der Waals surface area contributed by atoms with Crippen LogP contribution in [0.1, 0.15) is 16.1 Å². The van der Waals surface area contributed by atoms with E-state index < -0.39 is 24.2 Å². The molecule has 0 atom stereocenters. The molecule has 0 N–H and O–H groups in total. The van der Waals surface area contributed by atoms with Crippen molar-refractivity contribution in [1.29, 1.82) is 0 Å². The van der Waals surface area contributed by atoms with E-state index in [1.807, 2.05) is 0 Å². The van der Waals surface area contributed by atoms with Gasteiger partial charge in [-0.3, -0.25) is 4.79 Å². The van der Waals surface area contributed by atoms with Crippen molar-refractivity contribution in [2.75, 3.05) is 13.7 Å². The fourth-order valence-electron chi connectivity index (χ4n) is 1.64. The van der Waals surface area contributed by atoms with Crippen LogP contribution in [0.4, 0.5) is 4.39 Å². The van der Waals surface area contributed by atoms with Crippen LogP contribution in [-0.4, -0.2) is 25.5 Å². The van der Waals surface area contributed by atoms with Crippen LogP contribution < -0.4 is 4.74 Å². The number of carbonyl (C=O) groups excluding carboxylic acids is 2. The number of furan rings is 1. The molecule has 22 heavy (non-hydrogen) atoms. The first-order valence-electron chi connectivity index (χ1n) is 6.35. The summed E-state index contributed by atoms with van der Waals surface area (Å²) in [4.78, 5) is 23.3. The van der Waals surface area contributed by atoms with Crippen molar-refractivity contribution >= 4 is 17.8 Å². The number of halogens is 1. The molecule has 0 aliphatic heterocycles. The van der Waals surface area contributed by atoms with Gasteiger partial charge in [0.15, 0.2) is 24.0 Å². The van der Waals surface area contributed by atoms with Gasteiger partial charge in [0.2, 0.25) is 0 Å². The summed E-state index contributed by atoms with van der Waals surface area (Å²) in [5.41, 5.74) is 0.0983. The minimum absolute atomic E-state index is 0.0370. The number of Topliss-reactive ketones (excluding diaryl/α,β-unsaturated/α-hetero) is 1. The molecule has 0 unspecified atom stereocenters. The molecular weight excluding hydrogens is 291 g/mol. The van der Waals surface area contributed by atoms with E-state index in [0.717, 1.165) is 12.1 Å². The number of rotatable bonds is 6. The van der Waals surface area contributed by atoms with Crippen LogP contribution in [0.5, 0.6) is 5.75 Å². The average Bonchev–Trinajstić information content (AvgIpc) is 3.03. The summed E-state index contributed by atoms with van der Waals surface area (Å²) in [5, 5.41) is 0. The van der Waals surface area contributed by atoms with Gasteiger partial charge in [-0.05, 0) is 36.4 Å². The summed E-state index contributed by atoms with van der Waals surface area (Å²) in [6.07, 6.45) is 4.02. The van der Waals surface area contributed by atoms with Crippen molar-refractivity contribution in [1.82, 2.24) is 0 Å². The Bertz CT molecular complexity index is 689. The van der Waals surface area contributed by atoms with E-state index in [0.29, 0.717) is 5.76 Å². The summed E-state index contributed by atoms with van der Waals surface area (Å²) in [6, 6.07) is 7.10. The molecule has 0 radical (unpaired) electrons. The molecule has 5 nitrogen and oxygen atoms in total. The Kier molecular flexibility index (Phi) is 5.08. The molecule has 0 saturated carbocycles. The summed E-state index contributed by atoms with van der Waals surface area (Å²) < 4.78 is 28.0. The van der Waals surface area contributed by atoms with Gasteiger partial charge in [0.1, 0.15) is 5.76 Å². The van der Waals surface area contributed by atoms with Gasteiger partial charge >= 0.3 is 5.97 Å². The molecule has 6 heteroatoms. The van der Waals surface area contributed by atoms with Crippen molar-refractivity contribution in [3.63, 3.8) is 0 Å². The Morgan fingerprint density at radius 2 is 2.14 bits per heavy atom. The fraction of sp³-hybridized carbons (Fsp3) is 0.125. The highest BCUT2D eigenvalue weighted by molar-refractivity contribution is 5.99. The lowest BCUT2D eigenvalue weighted by atomic mass is 10.1. The Hall–Kier alpha value is -2.89. The quantitative estimate of drug-likeness (QED) is 0.466. The molecule has 0 amide bonds. The largest absolute Gasteiger partial charge is 0.494 e. The maximum Gasteiger partial charge on any atom is 0.331 e. The smallest absolute Gasteiger partial charge is 0.331 e. The zero-order valence-electron chi connectivity index (χ0n) is 11.7. The number of hydrogen-bond donors (Lipinski definition) is 0. The maximum absolute atomic E-state index is 13.5. The molecule has 114 valence electrons. The van der Waals surface area contributed by atoms with Crippen LogP contribution >= 0.6 is 0 Å². The Labute approximate surface area is 125 Å². The van der Waals surface area contributed by atoms with Crippen LogP contribution in [0.3, 0.4) is 0 Å². The first-order valence-corrected chi connectivity index (χ1v) is 6.35. The minimum atomic E-state index is -0.696. The summed E-state index contributed by atoms with van der Waals surface area (Å²) in [5.74, 6) is -1.34. The second-order valence-electron chi connectivity index (χ2n) is 4.23. The van der Waals surface area contributed by atoms with E-state index in [4.69, 9.17) is 13.9 Å². The van der Waals surface area contributed by atoms with Gasteiger partial charge < -0.3 is 13.9 Å². The first kappa shape index (κ1) is 15.5. The van der Waals surface area contributed by atoms with Crippen molar-refractivity contribution in [3.05, 3.63) is 59.8 Å². The number of benzene rings is 1. The highest BCUT2D eigenvalue weighted by atomic mass is 19.1. The molecule has 1 aromatic carbocycles. The Morgan fingerprint density at radius 3 is 2.77 bits per heavy atom. The number of methoxy groups -OCH3 is 1. The lowest BCUT2D eigenvalue weighted by molar-refractivity contribution is -0.136. The molecule has 0 aliphatic rings. The van der Waals surface area contributed by atoms with Gasteiger partial charge in [-0.15, -0.1) is 0 Å². The van der Waals surface area contributed by atoms with Crippen molar-refractivity contribution < 1.29 is 27.9 Å².